The number of hydrogen-bond donors (Lipinski definition) is 3. The number of rotatable bonds is 5. The first-order valence-electron chi connectivity index (χ1n) is 9.00. The second kappa shape index (κ2) is 9.00. The molecule has 30 heavy (non-hydrogen) atoms. The molecule has 176 valence electrons. The van der Waals surface area contributed by atoms with Crippen molar-refractivity contribution >= 4 is 20.1 Å². The van der Waals surface area contributed by atoms with Crippen molar-refractivity contribution in [1.82, 2.24) is 10.6 Å². The maximum absolute atomic E-state index is 12.7. The summed E-state index contributed by atoms with van der Waals surface area (Å²) in [5, 5.41) is 12.7. The molecule has 0 bridgehead atoms. The number of halogens is 6. The molecular formula is C16H26F6N2O5Si. The third-order valence-electron chi connectivity index (χ3n) is 5.08. The van der Waals surface area contributed by atoms with Crippen LogP contribution in [0, 0.1) is 0 Å². The first-order chi connectivity index (χ1) is 13.3. The lowest BCUT2D eigenvalue weighted by molar-refractivity contribution is -0.210. The molecule has 2 amide bonds. The molecular weight excluding hydrogens is 442 g/mol. The molecule has 0 aliphatic carbocycles. The van der Waals surface area contributed by atoms with Crippen molar-refractivity contribution < 1.29 is 50.2 Å². The zero-order valence-electron chi connectivity index (χ0n) is 17.1. The van der Waals surface area contributed by atoms with E-state index in [1.54, 1.807) is 23.7 Å². The van der Waals surface area contributed by atoms with E-state index < -0.39 is 75.0 Å². The lowest BCUT2D eigenvalue weighted by Crippen LogP contribution is -2.63. The summed E-state index contributed by atoms with van der Waals surface area (Å²) < 4.78 is 86.8. The predicted molar refractivity (Wildman–Crippen MR) is 94.6 cm³/mol. The summed E-state index contributed by atoms with van der Waals surface area (Å²) in [7, 11) is -2.72. The van der Waals surface area contributed by atoms with E-state index in [4.69, 9.17) is 9.16 Å². The van der Waals surface area contributed by atoms with Crippen LogP contribution in [0.1, 0.15) is 27.2 Å². The van der Waals surface area contributed by atoms with Crippen LogP contribution in [0.5, 0.6) is 0 Å². The van der Waals surface area contributed by atoms with Crippen molar-refractivity contribution in [2.24, 2.45) is 0 Å². The maximum Gasteiger partial charge on any atom is 0.471 e. The van der Waals surface area contributed by atoms with Gasteiger partial charge in [-0.05, 0) is 18.1 Å². The molecule has 0 aromatic rings. The van der Waals surface area contributed by atoms with Gasteiger partial charge in [-0.3, -0.25) is 9.59 Å². The highest BCUT2D eigenvalue weighted by molar-refractivity contribution is 6.74. The fourth-order valence-corrected chi connectivity index (χ4v) is 3.82. The summed E-state index contributed by atoms with van der Waals surface area (Å²) in [4.78, 5) is 22.6. The molecule has 4 atom stereocenters. The molecule has 0 spiro atoms. The molecule has 14 heteroatoms. The standard InChI is InChI=1S/C16H26F6N2O5Si/c1-14(2,3)30(4,5)29-11-8(24-13(27)16(20,21)22)6-10(25)28-9(11)7-23-12(26)15(17,18)19/h8-11,25H,6-7H2,1-5H3,(H,23,26)(H,24,27)/t8-,9-,10+,11+/m1/s1. The van der Waals surface area contributed by atoms with Crippen LogP contribution < -0.4 is 10.6 Å². The minimum absolute atomic E-state index is 0.443. The number of carbonyl (C=O) groups is 2. The van der Waals surface area contributed by atoms with Crippen molar-refractivity contribution in [2.45, 2.75) is 82.2 Å². The minimum atomic E-state index is -5.22. The van der Waals surface area contributed by atoms with Gasteiger partial charge in [0.15, 0.2) is 14.6 Å². The SMILES string of the molecule is CC(C)(C)[Si](C)(C)O[C@H]1[C@H](NC(=O)C(F)(F)F)C[C@@H](O)O[C@@H]1CNC(=O)C(F)(F)F. The largest absolute Gasteiger partial charge is 0.471 e. The summed E-state index contributed by atoms with van der Waals surface area (Å²) in [6.07, 6.45) is -15.3. The fraction of sp³-hybridized carbons (Fsp3) is 0.875. The number of ether oxygens (including phenoxy) is 1. The van der Waals surface area contributed by atoms with Crippen LogP contribution >= 0.6 is 0 Å². The van der Waals surface area contributed by atoms with E-state index in [0.29, 0.717) is 0 Å². The second-order valence-corrected chi connectivity index (χ2v) is 13.2. The summed E-state index contributed by atoms with van der Waals surface area (Å²) >= 11 is 0. The Bertz CT molecular complexity index is 635. The topological polar surface area (TPSA) is 96.9 Å². The molecule has 1 rings (SSSR count). The van der Waals surface area contributed by atoms with Gasteiger partial charge in [-0.1, -0.05) is 20.8 Å². The van der Waals surface area contributed by atoms with Crippen LogP contribution in [-0.2, 0) is 18.8 Å². The quantitative estimate of drug-likeness (QED) is 0.425. The Balaban J connectivity index is 3.17. The Labute approximate surface area is 170 Å². The minimum Gasteiger partial charge on any atom is -0.409 e. The first-order valence-corrected chi connectivity index (χ1v) is 11.9. The highest BCUT2D eigenvalue weighted by Crippen LogP contribution is 2.39. The zero-order valence-corrected chi connectivity index (χ0v) is 18.1. The molecule has 1 aliphatic rings. The highest BCUT2D eigenvalue weighted by atomic mass is 28.4. The van der Waals surface area contributed by atoms with Gasteiger partial charge < -0.3 is 24.9 Å². The second-order valence-electron chi connectivity index (χ2n) is 8.49. The van der Waals surface area contributed by atoms with Gasteiger partial charge in [0.25, 0.3) is 0 Å². The van der Waals surface area contributed by atoms with Crippen LogP contribution in [0.2, 0.25) is 18.1 Å². The van der Waals surface area contributed by atoms with Gasteiger partial charge in [-0.2, -0.15) is 26.3 Å². The summed E-state index contributed by atoms with van der Waals surface area (Å²) in [6, 6.07) is -1.41. The van der Waals surface area contributed by atoms with Gasteiger partial charge >= 0.3 is 24.2 Å². The Hall–Kier alpha value is -1.38. The van der Waals surface area contributed by atoms with Crippen LogP contribution in [0.25, 0.3) is 0 Å². The van der Waals surface area contributed by atoms with Crippen LogP contribution in [-0.4, -0.2) is 68.7 Å². The molecule has 0 radical (unpaired) electrons. The number of carbonyl (C=O) groups excluding carboxylic acids is 2. The Kier molecular flexibility index (Phi) is 8.00. The molecule has 3 N–H and O–H groups in total. The molecule has 1 aliphatic heterocycles. The number of aliphatic hydroxyl groups excluding tert-OH is 1. The molecule has 1 fully saturated rings. The van der Waals surface area contributed by atoms with Gasteiger partial charge in [0, 0.05) is 13.0 Å². The third kappa shape index (κ3) is 7.09. The summed E-state index contributed by atoms with van der Waals surface area (Å²) in [6.45, 7) is 8.15. The van der Waals surface area contributed by atoms with Crippen molar-refractivity contribution in [3.05, 3.63) is 0 Å². The molecule has 7 nitrogen and oxygen atoms in total. The summed E-state index contributed by atoms with van der Waals surface area (Å²) in [5.74, 6) is -4.57. The highest BCUT2D eigenvalue weighted by Gasteiger charge is 2.49. The summed E-state index contributed by atoms with van der Waals surface area (Å²) in [5.41, 5.74) is 0. The van der Waals surface area contributed by atoms with Crippen molar-refractivity contribution in [2.75, 3.05) is 6.54 Å². The lowest BCUT2D eigenvalue weighted by atomic mass is 9.98. The average Bonchev–Trinajstić information content (AvgIpc) is 2.52. The Morgan fingerprint density at radius 3 is 2.00 bits per heavy atom. The fourth-order valence-electron chi connectivity index (χ4n) is 2.47. The van der Waals surface area contributed by atoms with Crippen molar-refractivity contribution in [3.63, 3.8) is 0 Å². The van der Waals surface area contributed by atoms with Crippen LogP contribution in [0.3, 0.4) is 0 Å². The molecule has 0 aromatic carbocycles. The molecule has 0 aromatic heterocycles. The predicted octanol–water partition coefficient (Wildman–Crippen LogP) is 2.21. The number of amides is 2. The Morgan fingerprint density at radius 1 is 1.07 bits per heavy atom. The van der Waals surface area contributed by atoms with Crippen LogP contribution in [0.15, 0.2) is 0 Å². The van der Waals surface area contributed by atoms with E-state index in [2.05, 4.69) is 0 Å². The van der Waals surface area contributed by atoms with Gasteiger partial charge in [-0.25, -0.2) is 0 Å². The third-order valence-corrected chi connectivity index (χ3v) is 9.56. The Morgan fingerprint density at radius 2 is 1.57 bits per heavy atom. The first kappa shape index (κ1) is 26.7. The van der Waals surface area contributed by atoms with Gasteiger partial charge in [-0.15, -0.1) is 0 Å². The average molecular weight is 468 g/mol. The molecule has 0 saturated carbocycles. The van der Waals surface area contributed by atoms with Crippen LogP contribution in [0.4, 0.5) is 26.3 Å². The smallest absolute Gasteiger partial charge is 0.409 e. The molecule has 1 saturated heterocycles. The number of hydrogen-bond acceptors (Lipinski definition) is 5. The van der Waals surface area contributed by atoms with Crippen molar-refractivity contribution in [1.29, 1.82) is 0 Å². The van der Waals surface area contributed by atoms with E-state index in [-0.39, 0.29) is 0 Å². The molecule has 0 unspecified atom stereocenters. The molecule has 1 heterocycles. The number of nitrogens with one attached hydrogen (secondary N) is 2. The monoisotopic (exact) mass is 468 g/mol. The van der Waals surface area contributed by atoms with E-state index in [1.165, 1.54) is 0 Å². The number of aliphatic hydroxyl groups is 1. The van der Waals surface area contributed by atoms with Gasteiger partial charge in [0.05, 0.1) is 12.1 Å². The van der Waals surface area contributed by atoms with Gasteiger partial charge in [0.2, 0.25) is 0 Å². The van der Waals surface area contributed by atoms with E-state index in [1.807, 2.05) is 20.8 Å². The van der Waals surface area contributed by atoms with E-state index in [0.717, 1.165) is 0 Å². The van der Waals surface area contributed by atoms with Crippen molar-refractivity contribution in [3.8, 4) is 0 Å². The lowest BCUT2D eigenvalue weighted by Gasteiger charge is -2.47. The van der Waals surface area contributed by atoms with E-state index in [9.17, 15) is 41.0 Å². The number of alkyl halides is 6. The van der Waals surface area contributed by atoms with E-state index >= 15 is 0 Å². The van der Waals surface area contributed by atoms with Gasteiger partial charge in [0.1, 0.15) is 6.10 Å². The maximum atomic E-state index is 12.7. The normalized spacial score (nSPS) is 26.3. The zero-order chi connectivity index (χ0) is 23.7.